The number of hydrogen-bond acceptors (Lipinski definition) is 2. The molecule has 1 atom stereocenters. The lowest BCUT2D eigenvalue weighted by atomic mass is 10.1. The third-order valence-corrected chi connectivity index (χ3v) is 2.29. The molecular formula is C12H23FO2. The van der Waals surface area contributed by atoms with Crippen molar-refractivity contribution in [3.63, 3.8) is 0 Å². The van der Waals surface area contributed by atoms with Gasteiger partial charge in [0, 0.05) is 6.42 Å². The van der Waals surface area contributed by atoms with E-state index in [9.17, 15) is 9.18 Å². The zero-order chi connectivity index (χ0) is 11.5. The first-order valence-electron chi connectivity index (χ1n) is 5.96. The molecule has 0 amide bonds. The molecule has 0 bridgehead atoms. The highest BCUT2D eigenvalue weighted by Gasteiger charge is 2.01. The van der Waals surface area contributed by atoms with Gasteiger partial charge >= 0.3 is 5.97 Å². The molecule has 0 heterocycles. The highest BCUT2D eigenvalue weighted by Crippen LogP contribution is 2.10. The van der Waals surface area contributed by atoms with E-state index in [1.165, 1.54) is 0 Å². The van der Waals surface area contributed by atoms with Crippen LogP contribution in [0.25, 0.3) is 0 Å². The molecule has 0 N–H and O–H groups in total. The summed E-state index contributed by atoms with van der Waals surface area (Å²) in [5.41, 5.74) is 0. The number of rotatable bonds is 9. The minimum absolute atomic E-state index is 0.102. The van der Waals surface area contributed by atoms with Crippen LogP contribution < -0.4 is 0 Å². The minimum Gasteiger partial charge on any atom is -0.466 e. The highest BCUT2D eigenvalue weighted by molar-refractivity contribution is 5.69. The molecule has 0 aliphatic heterocycles. The Balaban J connectivity index is 3.08. The number of ether oxygens (including phenoxy) is 1. The molecule has 3 heteroatoms. The summed E-state index contributed by atoms with van der Waals surface area (Å²) < 4.78 is 17.2. The van der Waals surface area contributed by atoms with Gasteiger partial charge in [0.05, 0.1) is 12.8 Å². The van der Waals surface area contributed by atoms with Crippen molar-refractivity contribution in [1.29, 1.82) is 0 Å². The van der Waals surface area contributed by atoms with Crippen LogP contribution in [0.4, 0.5) is 4.39 Å². The van der Waals surface area contributed by atoms with E-state index in [0.717, 1.165) is 32.1 Å². The van der Waals surface area contributed by atoms with E-state index >= 15 is 0 Å². The van der Waals surface area contributed by atoms with Gasteiger partial charge < -0.3 is 4.74 Å². The number of carbonyl (C=O) groups is 1. The van der Waals surface area contributed by atoms with Crippen molar-refractivity contribution in [1.82, 2.24) is 0 Å². The average Bonchev–Trinajstić information content (AvgIpc) is 2.16. The standard InChI is InChI=1S/C12H23FO2/c1-3-15-12(14)10-8-6-4-5-7-9-11(2)13/h11H,3-10H2,1-2H3. The number of carbonyl (C=O) groups excluding carboxylic acids is 1. The summed E-state index contributed by atoms with van der Waals surface area (Å²) in [5, 5.41) is 0. The van der Waals surface area contributed by atoms with Crippen molar-refractivity contribution in [2.45, 2.75) is 65.0 Å². The molecule has 0 aromatic heterocycles. The van der Waals surface area contributed by atoms with Gasteiger partial charge in [0.25, 0.3) is 0 Å². The molecule has 0 fully saturated rings. The molecule has 0 saturated carbocycles. The monoisotopic (exact) mass is 218 g/mol. The predicted molar refractivity (Wildman–Crippen MR) is 59.5 cm³/mol. The molecule has 0 aliphatic rings. The lowest BCUT2D eigenvalue weighted by molar-refractivity contribution is -0.143. The summed E-state index contributed by atoms with van der Waals surface area (Å²) >= 11 is 0. The number of halogens is 1. The number of esters is 1. The molecule has 2 nitrogen and oxygen atoms in total. The first-order chi connectivity index (χ1) is 7.16. The Kier molecular flexibility index (Phi) is 9.54. The topological polar surface area (TPSA) is 26.3 Å². The summed E-state index contributed by atoms with van der Waals surface area (Å²) in [6.07, 6.45) is 5.55. The second-order valence-corrected chi connectivity index (χ2v) is 3.89. The van der Waals surface area contributed by atoms with Crippen molar-refractivity contribution < 1.29 is 13.9 Å². The lowest BCUT2D eigenvalue weighted by Gasteiger charge is -2.03. The van der Waals surface area contributed by atoms with Crippen molar-refractivity contribution in [2.75, 3.05) is 6.61 Å². The SMILES string of the molecule is CCOC(=O)CCCCCCCC(C)F. The van der Waals surface area contributed by atoms with Crippen molar-refractivity contribution >= 4 is 5.97 Å². The van der Waals surface area contributed by atoms with Crippen molar-refractivity contribution in [3.8, 4) is 0 Å². The van der Waals surface area contributed by atoms with Crippen LogP contribution in [0.2, 0.25) is 0 Å². The van der Waals surface area contributed by atoms with E-state index in [1.54, 1.807) is 6.92 Å². The Morgan fingerprint density at radius 1 is 1.20 bits per heavy atom. The fourth-order valence-electron chi connectivity index (χ4n) is 1.46. The average molecular weight is 218 g/mol. The molecule has 0 aromatic carbocycles. The fourth-order valence-corrected chi connectivity index (χ4v) is 1.46. The number of hydrogen-bond donors (Lipinski definition) is 0. The largest absolute Gasteiger partial charge is 0.466 e. The number of unbranched alkanes of at least 4 members (excludes halogenated alkanes) is 4. The van der Waals surface area contributed by atoms with Crippen LogP contribution in [-0.2, 0) is 9.53 Å². The molecule has 0 rings (SSSR count). The van der Waals surface area contributed by atoms with Crippen LogP contribution in [-0.4, -0.2) is 18.7 Å². The molecule has 1 unspecified atom stereocenters. The quantitative estimate of drug-likeness (QED) is 0.436. The van der Waals surface area contributed by atoms with Crippen LogP contribution in [0.1, 0.15) is 58.8 Å². The Labute approximate surface area is 92.2 Å². The van der Waals surface area contributed by atoms with Crippen molar-refractivity contribution in [2.24, 2.45) is 0 Å². The molecule has 0 spiro atoms. The molecule has 0 saturated heterocycles. The van der Waals surface area contributed by atoms with Gasteiger partial charge in [-0.25, -0.2) is 4.39 Å². The summed E-state index contributed by atoms with van der Waals surface area (Å²) in [4.78, 5) is 10.9. The maximum absolute atomic E-state index is 12.4. The summed E-state index contributed by atoms with van der Waals surface area (Å²) in [5.74, 6) is -0.102. The van der Waals surface area contributed by atoms with Gasteiger partial charge in [0.2, 0.25) is 0 Å². The molecule has 0 aromatic rings. The first-order valence-corrected chi connectivity index (χ1v) is 5.96. The smallest absolute Gasteiger partial charge is 0.305 e. The highest BCUT2D eigenvalue weighted by atomic mass is 19.1. The minimum atomic E-state index is -0.676. The van der Waals surface area contributed by atoms with Crippen molar-refractivity contribution in [3.05, 3.63) is 0 Å². The molecule has 90 valence electrons. The van der Waals surface area contributed by atoms with E-state index in [0.29, 0.717) is 19.4 Å². The van der Waals surface area contributed by atoms with Crippen LogP contribution in [0.15, 0.2) is 0 Å². The molecular weight excluding hydrogens is 195 g/mol. The van der Waals surface area contributed by atoms with Gasteiger partial charge in [0.1, 0.15) is 0 Å². The van der Waals surface area contributed by atoms with Gasteiger partial charge in [0.15, 0.2) is 0 Å². The van der Waals surface area contributed by atoms with E-state index in [2.05, 4.69) is 0 Å². The van der Waals surface area contributed by atoms with Gasteiger partial charge in [-0.1, -0.05) is 25.7 Å². The van der Waals surface area contributed by atoms with Gasteiger partial charge in [-0.3, -0.25) is 4.79 Å². The zero-order valence-electron chi connectivity index (χ0n) is 9.93. The van der Waals surface area contributed by atoms with Crippen LogP contribution >= 0.6 is 0 Å². The van der Waals surface area contributed by atoms with Crippen LogP contribution in [0.5, 0.6) is 0 Å². The second kappa shape index (κ2) is 9.94. The Morgan fingerprint density at radius 2 is 1.80 bits per heavy atom. The number of alkyl halides is 1. The first kappa shape index (κ1) is 14.4. The molecule has 0 radical (unpaired) electrons. The molecule has 15 heavy (non-hydrogen) atoms. The zero-order valence-corrected chi connectivity index (χ0v) is 9.93. The van der Waals surface area contributed by atoms with Crippen LogP contribution in [0.3, 0.4) is 0 Å². The third-order valence-electron chi connectivity index (χ3n) is 2.29. The Morgan fingerprint density at radius 3 is 2.40 bits per heavy atom. The normalized spacial score (nSPS) is 12.5. The van der Waals surface area contributed by atoms with Gasteiger partial charge in [-0.2, -0.15) is 0 Å². The third kappa shape index (κ3) is 11.3. The fraction of sp³-hybridized carbons (Fsp3) is 0.917. The van der Waals surface area contributed by atoms with E-state index in [-0.39, 0.29) is 5.97 Å². The van der Waals surface area contributed by atoms with Crippen LogP contribution in [0, 0.1) is 0 Å². The second-order valence-electron chi connectivity index (χ2n) is 3.89. The summed E-state index contributed by atoms with van der Waals surface area (Å²) in [6, 6.07) is 0. The van der Waals surface area contributed by atoms with E-state index < -0.39 is 6.17 Å². The Bertz CT molecular complexity index is 158. The summed E-state index contributed by atoms with van der Waals surface area (Å²) in [6.45, 7) is 3.88. The lowest BCUT2D eigenvalue weighted by Crippen LogP contribution is -2.03. The predicted octanol–water partition coefficient (Wildman–Crippen LogP) is 3.64. The van der Waals surface area contributed by atoms with Gasteiger partial charge in [-0.05, 0) is 26.7 Å². The summed E-state index contributed by atoms with van der Waals surface area (Å²) in [7, 11) is 0. The van der Waals surface area contributed by atoms with E-state index in [1.807, 2.05) is 6.92 Å². The van der Waals surface area contributed by atoms with E-state index in [4.69, 9.17) is 4.74 Å². The maximum Gasteiger partial charge on any atom is 0.305 e. The van der Waals surface area contributed by atoms with Gasteiger partial charge in [-0.15, -0.1) is 0 Å². The molecule has 0 aliphatic carbocycles. The maximum atomic E-state index is 12.4. The Hall–Kier alpha value is -0.600.